The summed E-state index contributed by atoms with van der Waals surface area (Å²) < 4.78 is 37.6. The third-order valence-electron chi connectivity index (χ3n) is 3.96. The second-order valence-corrected chi connectivity index (χ2v) is 7.20. The topological polar surface area (TPSA) is 61.4 Å². The molecule has 0 radical (unpaired) electrons. The summed E-state index contributed by atoms with van der Waals surface area (Å²) in [5.41, 5.74) is 0.266. The Morgan fingerprint density at radius 2 is 1.68 bits per heavy atom. The molecule has 2 aromatic carbocycles. The number of anilines is 1. The number of carbonyl (C=O) groups is 1. The quantitative estimate of drug-likeness (QED) is 0.547. The minimum Gasteiger partial charge on any atom is -0.383 e. The van der Waals surface area contributed by atoms with Gasteiger partial charge in [0.05, 0.1) is 12.1 Å². The number of urea groups is 1. The first kappa shape index (κ1) is 19.9. The number of thiophene rings is 1. The summed E-state index contributed by atoms with van der Waals surface area (Å²) in [6.07, 6.45) is -5.15. The van der Waals surface area contributed by atoms with E-state index in [1.807, 2.05) is 36.4 Å². The molecule has 8 heteroatoms. The van der Waals surface area contributed by atoms with Crippen molar-refractivity contribution in [2.75, 3.05) is 5.32 Å². The maximum absolute atomic E-state index is 12.5. The average Bonchev–Trinajstić information content (AvgIpc) is 3.15. The minimum atomic E-state index is -4.41. The second kappa shape index (κ2) is 8.45. The van der Waals surface area contributed by atoms with Gasteiger partial charge in [0.1, 0.15) is 6.10 Å². The van der Waals surface area contributed by atoms with Gasteiger partial charge in [0, 0.05) is 15.4 Å². The first-order chi connectivity index (χ1) is 13.3. The Morgan fingerprint density at radius 1 is 1.00 bits per heavy atom. The van der Waals surface area contributed by atoms with Crippen LogP contribution in [0.3, 0.4) is 0 Å². The van der Waals surface area contributed by atoms with E-state index in [9.17, 15) is 23.1 Å². The number of rotatable bonds is 5. The molecule has 3 N–H and O–H groups in total. The molecule has 0 aliphatic rings. The monoisotopic (exact) mass is 406 g/mol. The third kappa shape index (κ3) is 5.11. The molecule has 1 atom stereocenters. The van der Waals surface area contributed by atoms with Crippen LogP contribution in [0.15, 0.2) is 66.7 Å². The van der Waals surface area contributed by atoms with Crippen LogP contribution >= 0.6 is 11.3 Å². The molecule has 4 nitrogen and oxygen atoms in total. The number of aliphatic hydroxyl groups is 1. The average molecular weight is 406 g/mol. The molecule has 0 aliphatic heterocycles. The maximum atomic E-state index is 12.5. The van der Waals surface area contributed by atoms with E-state index in [2.05, 4.69) is 10.6 Å². The molecular formula is C20H17F3N2O2S. The van der Waals surface area contributed by atoms with Crippen molar-refractivity contribution in [1.82, 2.24) is 5.32 Å². The van der Waals surface area contributed by atoms with Crippen LogP contribution in [0.5, 0.6) is 0 Å². The summed E-state index contributed by atoms with van der Waals surface area (Å²) in [6, 6.07) is 16.5. The highest BCUT2D eigenvalue weighted by atomic mass is 32.1. The highest BCUT2D eigenvalue weighted by Gasteiger charge is 2.29. The van der Waals surface area contributed by atoms with Gasteiger partial charge in [-0.2, -0.15) is 13.2 Å². The number of benzene rings is 2. The van der Waals surface area contributed by atoms with Crippen LogP contribution in [-0.2, 0) is 12.7 Å². The summed E-state index contributed by atoms with van der Waals surface area (Å²) in [6.45, 7) is 0.235. The highest BCUT2D eigenvalue weighted by molar-refractivity contribution is 7.12. The van der Waals surface area contributed by atoms with E-state index in [1.54, 1.807) is 6.07 Å². The number of amides is 2. The zero-order chi connectivity index (χ0) is 20.1. The molecular weight excluding hydrogens is 389 g/mol. The van der Waals surface area contributed by atoms with E-state index in [0.717, 1.165) is 27.5 Å². The number of carbonyl (C=O) groups excluding carboxylic acids is 1. The van der Waals surface area contributed by atoms with Gasteiger partial charge in [-0.15, -0.1) is 11.3 Å². The largest absolute Gasteiger partial charge is 0.416 e. The molecule has 0 saturated carbocycles. The van der Waals surface area contributed by atoms with E-state index >= 15 is 0 Å². The number of nitrogens with one attached hydrogen (secondary N) is 2. The SMILES string of the molecule is O=C(NCc1ccc(C(O)c2ccccc2)s1)Nc1ccc(C(F)(F)F)cc1. The predicted molar refractivity (Wildman–Crippen MR) is 102 cm³/mol. The molecule has 1 heterocycles. The van der Waals surface area contributed by atoms with E-state index in [1.165, 1.54) is 23.5 Å². The summed E-state index contributed by atoms with van der Waals surface area (Å²) in [4.78, 5) is 13.5. The fourth-order valence-electron chi connectivity index (χ4n) is 2.52. The molecule has 1 aromatic heterocycles. The Bertz CT molecular complexity index is 925. The number of halogens is 3. The van der Waals surface area contributed by atoms with E-state index < -0.39 is 23.9 Å². The van der Waals surface area contributed by atoms with Crippen LogP contribution in [-0.4, -0.2) is 11.1 Å². The lowest BCUT2D eigenvalue weighted by molar-refractivity contribution is -0.137. The number of aliphatic hydroxyl groups excluding tert-OH is 1. The highest BCUT2D eigenvalue weighted by Crippen LogP contribution is 2.30. The number of hydrogen-bond donors (Lipinski definition) is 3. The fourth-order valence-corrected chi connectivity index (χ4v) is 3.49. The first-order valence-electron chi connectivity index (χ1n) is 8.36. The zero-order valence-electron chi connectivity index (χ0n) is 14.5. The summed E-state index contributed by atoms with van der Waals surface area (Å²) in [7, 11) is 0. The zero-order valence-corrected chi connectivity index (χ0v) is 15.3. The molecule has 0 saturated heterocycles. The van der Waals surface area contributed by atoms with Crippen molar-refractivity contribution in [3.05, 3.63) is 87.6 Å². The van der Waals surface area contributed by atoms with Gasteiger partial charge in [-0.25, -0.2) is 4.79 Å². The van der Waals surface area contributed by atoms with Crippen LogP contribution in [0.1, 0.15) is 27.0 Å². The Balaban J connectivity index is 1.53. The number of alkyl halides is 3. The Hall–Kier alpha value is -2.84. The Morgan fingerprint density at radius 3 is 2.32 bits per heavy atom. The van der Waals surface area contributed by atoms with Crippen molar-refractivity contribution >= 4 is 23.1 Å². The van der Waals surface area contributed by atoms with Crippen molar-refractivity contribution in [1.29, 1.82) is 0 Å². The summed E-state index contributed by atoms with van der Waals surface area (Å²) in [5.74, 6) is 0. The minimum absolute atomic E-state index is 0.235. The van der Waals surface area contributed by atoms with Gasteiger partial charge in [0.2, 0.25) is 0 Å². The van der Waals surface area contributed by atoms with Gasteiger partial charge < -0.3 is 15.7 Å². The molecule has 1 unspecified atom stereocenters. The van der Waals surface area contributed by atoms with Crippen molar-refractivity contribution in [2.45, 2.75) is 18.8 Å². The molecule has 0 fully saturated rings. The van der Waals surface area contributed by atoms with Crippen molar-refractivity contribution < 1.29 is 23.1 Å². The van der Waals surface area contributed by atoms with Gasteiger partial charge in [0.25, 0.3) is 0 Å². The standard InChI is InChI=1S/C20H17F3N2O2S/c21-20(22,23)14-6-8-15(9-7-14)25-19(27)24-12-16-10-11-17(28-16)18(26)13-4-2-1-3-5-13/h1-11,18,26H,12H2,(H2,24,25,27). The van der Waals surface area contributed by atoms with E-state index in [0.29, 0.717) is 0 Å². The molecule has 3 aromatic rings. The van der Waals surface area contributed by atoms with Crippen LogP contribution < -0.4 is 10.6 Å². The van der Waals surface area contributed by atoms with E-state index in [4.69, 9.17) is 0 Å². The molecule has 0 bridgehead atoms. The van der Waals surface area contributed by atoms with Gasteiger partial charge in [0.15, 0.2) is 0 Å². The van der Waals surface area contributed by atoms with Gasteiger partial charge in [-0.05, 0) is 42.0 Å². The van der Waals surface area contributed by atoms with E-state index in [-0.39, 0.29) is 12.2 Å². The molecule has 3 rings (SSSR count). The van der Waals surface area contributed by atoms with Crippen LogP contribution in [0.4, 0.5) is 23.7 Å². The molecule has 28 heavy (non-hydrogen) atoms. The molecule has 0 aliphatic carbocycles. The lowest BCUT2D eigenvalue weighted by Crippen LogP contribution is -2.27. The van der Waals surface area contributed by atoms with Gasteiger partial charge in [-0.3, -0.25) is 0 Å². The summed E-state index contributed by atoms with van der Waals surface area (Å²) >= 11 is 1.37. The normalized spacial score (nSPS) is 12.4. The Labute approximate surface area is 163 Å². The van der Waals surface area contributed by atoms with Crippen LogP contribution in [0.25, 0.3) is 0 Å². The Kier molecular flexibility index (Phi) is 6.01. The van der Waals surface area contributed by atoms with Crippen molar-refractivity contribution in [3.8, 4) is 0 Å². The molecule has 146 valence electrons. The lowest BCUT2D eigenvalue weighted by Gasteiger charge is -2.10. The summed E-state index contributed by atoms with van der Waals surface area (Å²) in [5, 5.41) is 15.5. The predicted octanol–water partition coefficient (Wildman–Crippen LogP) is 5.17. The third-order valence-corrected chi connectivity index (χ3v) is 5.10. The van der Waals surface area contributed by atoms with Gasteiger partial charge >= 0.3 is 12.2 Å². The van der Waals surface area contributed by atoms with Crippen LogP contribution in [0.2, 0.25) is 0 Å². The van der Waals surface area contributed by atoms with Gasteiger partial charge in [-0.1, -0.05) is 30.3 Å². The van der Waals surface area contributed by atoms with Crippen molar-refractivity contribution in [3.63, 3.8) is 0 Å². The molecule has 2 amide bonds. The number of hydrogen-bond acceptors (Lipinski definition) is 3. The van der Waals surface area contributed by atoms with Crippen LogP contribution in [0, 0.1) is 0 Å². The first-order valence-corrected chi connectivity index (χ1v) is 9.18. The fraction of sp³-hybridized carbons (Fsp3) is 0.150. The second-order valence-electron chi connectivity index (χ2n) is 6.00. The van der Waals surface area contributed by atoms with Crippen molar-refractivity contribution in [2.24, 2.45) is 0 Å². The maximum Gasteiger partial charge on any atom is 0.416 e. The smallest absolute Gasteiger partial charge is 0.383 e. The molecule has 0 spiro atoms. The lowest BCUT2D eigenvalue weighted by atomic mass is 10.1.